The molecule has 3 aromatic rings. The predicted molar refractivity (Wildman–Crippen MR) is 166 cm³/mol. The van der Waals surface area contributed by atoms with Crippen molar-refractivity contribution in [3.8, 4) is 5.75 Å². The fourth-order valence-corrected chi connectivity index (χ4v) is 8.59. The van der Waals surface area contributed by atoms with Crippen molar-refractivity contribution in [3.63, 3.8) is 0 Å². The summed E-state index contributed by atoms with van der Waals surface area (Å²) in [6.45, 7) is 4.20. The number of benzene rings is 3. The van der Waals surface area contributed by atoms with Gasteiger partial charge >= 0.3 is 0 Å². The van der Waals surface area contributed by atoms with Crippen LogP contribution in [0.25, 0.3) is 10.8 Å². The van der Waals surface area contributed by atoms with Gasteiger partial charge < -0.3 is 25.0 Å². The molecular weight excluding hydrogens is 606 g/mol. The van der Waals surface area contributed by atoms with Crippen molar-refractivity contribution in [2.45, 2.75) is 66.2 Å². The number of nitrogens with one attached hydrogen (secondary N) is 2. The standard InChI is InChI=1S/C31H41N3O8S2/c1-30(2,22-35)33-43(37,38)28-9-5-8-27(17-28)41-21-26(36)19-32-25-18-31(42-20-25)12-14-34(15-13-31)44(39,40)29-11-10-23-6-3-4-7-24(23)16-29/h3-11,16-17,25-26,32-33,35-36H,12-15,18-22H2,1-2H3/t25?,26-/m0/s1. The molecule has 2 saturated heterocycles. The number of hydrogen-bond acceptors (Lipinski definition) is 9. The zero-order chi connectivity index (χ0) is 31.6. The molecule has 11 nitrogen and oxygen atoms in total. The van der Waals surface area contributed by atoms with Gasteiger partial charge in [0.2, 0.25) is 20.0 Å². The van der Waals surface area contributed by atoms with Gasteiger partial charge in [0.15, 0.2) is 0 Å². The maximum absolute atomic E-state index is 13.4. The van der Waals surface area contributed by atoms with Crippen molar-refractivity contribution in [1.29, 1.82) is 0 Å². The summed E-state index contributed by atoms with van der Waals surface area (Å²) in [6.07, 6.45) is 1.04. The zero-order valence-electron chi connectivity index (χ0n) is 25.0. The van der Waals surface area contributed by atoms with E-state index in [2.05, 4.69) is 10.0 Å². The number of aliphatic hydroxyl groups excluding tert-OH is 2. The number of piperidine rings is 1. The van der Waals surface area contributed by atoms with Crippen LogP contribution in [0.1, 0.15) is 33.1 Å². The summed E-state index contributed by atoms with van der Waals surface area (Å²) in [5.74, 6) is 0.294. The average Bonchev–Trinajstić information content (AvgIpc) is 3.40. The zero-order valence-corrected chi connectivity index (χ0v) is 26.6. The number of sulfonamides is 2. The second-order valence-corrected chi connectivity index (χ2v) is 15.9. The van der Waals surface area contributed by atoms with Crippen LogP contribution < -0.4 is 14.8 Å². The van der Waals surface area contributed by atoms with Gasteiger partial charge in [-0.3, -0.25) is 0 Å². The lowest BCUT2D eigenvalue weighted by molar-refractivity contribution is -0.0312. The van der Waals surface area contributed by atoms with Crippen molar-refractivity contribution in [3.05, 3.63) is 66.7 Å². The third kappa shape index (κ3) is 7.60. The topological polar surface area (TPSA) is 154 Å². The lowest BCUT2D eigenvalue weighted by Gasteiger charge is -2.38. The molecule has 13 heteroatoms. The van der Waals surface area contributed by atoms with Crippen LogP contribution in [0, 0.1) is 0 Å². The van der Waals surface area contributed by atoms with Crippen LogP contribution in [0.4, 0.5) is 0 Å². The summed E-state index contributed by atoms with van der Waals surface area (Å²) in [4.78, 5) is 0.291. The molecule has 0 radical (unpaired) electrons. The fraction of sp³-hybridized carbons (Fsp3) is 0.484. The van der Waals surface area contributed by atoms with Gasteiger partial charge in [-0.1, -0.05) is 36.4 Å². The Kier molecular flexibility index (Phi) is 9.69. The molecule has 3 aromatic carbocycles. The van der Waals surface area contributed by atoms with E-state index < -0.39 is 37.3 Å². The van der Waals surface area contributed by atoms with Gasteiger partial charge in [0.05, 0.1) is 34.1 Å². The first-order chi connectivity index (χ1) is 20.8. The molecular formula is C31H41N3O8S2. The van der Waals surface area contributed by atoms with Crippen LogP contribution in [0.15, 0.2) is 76.5 Å². The highest BCUT2D eigenvalue weighted by Crippen LogP contribution is 2.37. The Morgan fingerprint density at radius 2 is 1.73 bits per heavy atom. The third-order valence-electron chi connectivity index (χ3n) is 8.21. The minimum Gasteiger partial charge on any atom is -0.491 e. The smallest absolute Gasteiger partial charge is 0.243 e. The molecule has 2 fully saturated rings. The second-order valence-electron chi connectivity index (χ2n) is 12.3. The van der Waals surface area contributed by atoms with Gasteiger partial charge in [-0.05, 0) is 68.1 Å². The highest BCUT2D eigenvalue weighted by Gasteiger charge is 2.44. The van der Waals surface area contributed by atoms with Gasteiger partial charge in [0, 0.05) is 31.7 Å². The van der Waals surface area contributed by atoms with Crippen molar-refractivity contribution in [1.82, 2.24) is 14.3 Å². The largest absolute Gasteiger partial charge is 0.491 e. The molecule has 5 rings (SSSR count). The van der Waals surface area contributed by atoms with E-state index in [1.54, 1.807) is 38.1 Å². The van der Waals surface area contributed by atoms with Crippen molar-refractivity contribution >= 4 is 30.8 Å². The van der Waals surface area contributed by atoms with Crippen LogP contribution in [0.5, 0.6) is 5.75 Å². The number of fused-ring (bicyclic) bond motifs is 1. The summed E-state index contributed by atoms with van der Waals surface area (Å²) in [6, 6.07) is 18.9. The lowest BCUT2D eigenvalue weighted by atomic mass is 9.88. The first-order valence-corrected chi connectivity index (χ1v) is 17.7. The molecule has 2 aliphatic heterocycles. The summed E-state index contributed by atoms with van der Waals surface area (Å²) in [5.41, 5.74) is -1.42. The molecule has 44 heavy (non-hydrogen) atoms. The first kappa shape index (κ1) is 32.8. The number of nitrogens with zero attached hydrogens (tertiary/aromatic N) is 1. The number of rotatable bonds is 12. The highest BCUT2D eigenvalue weighted by molar-refractivity contribution is 7.89. The van der Waals surface area contributed by atoms with E-state index in [9.17, 15) is 27.0 Å². The Morgan fingerprint density at radius 1 is 1.00 bits per heavy atom. The molecule has 0 aromatic heterocycles. The quantitative estimate of drug-likeness (QED) is 0.232. The Balaban J connectivity index is 1.08. The molecule has 0 aliphatic carbocycles. The van der Waals surface area contributed by atoms with E-state index in [-0.39, 0.29) is 30.7 Å². The van der Waals surface area contributed by atoms with Gasteiger partial charge in [0.1, 0.15) is 18.5 Å². The maximum atomic E-state index is 13.4. The van der Waals surface area contributed by atoms with E-state index in [0.29, 0.717) is 49.6 Å². The van der Waals surface area contributed by atoms with Gasteiger partial charge in [-0.2, -0.15) is 4.31 Å². The van der Waals surface area contributed by atoms with E-state index in [1.165, 1.54) is 16.4 Å². The first-order valence-electron chi connectivity index (χ1n) is 14.7. The van der Waals surface area contributed by atoms with Crippen LogP contribution in [-0.4, -0.2) is 94.1 Å². The molecule has 2 aliphatic rings. The number of aliphatic hydroxyl groups is 2. The predicted octanol–water partition coefficient (Wildman–Crippen LogP) is 2.23. The average molecular weight is 648 g/mol. The summed E-state index contributed by atoms with van der Waals surface area (Å²) < 4.78 is 67.9. The van der Waals surface area contributed by atoms with Crippen molar-refractivity contribution < 1.29 is 36.5 Å². The Labute approximate surface area is 259 Å². The molecule has 1 unspecified atom stereocenters. The van der Waals surface area contributed by atoms with Crippen LogP contribution >= 0.6 is 0 Å². The molecule has 0 saturated carbocycles. The molecule has 4 N–H and O–H groups in total. The van der Waals surface area contributed by atoms with E-state index in [1.807, 2.05) is 30.3 Å². The van der Waals surface area contributed by atoms with Crippen LogP contribution in [-0.2, 0) is 24.8 Å². The van der Waals surface area contributed by atoms with Crippen molar-refractivity contribution in [2.24, 2.45) is 0 Å². The molecule has 0 bridgehead atoms. The van der Waals surface area contributed by atoms with Crippen LogP contribution in [0.3, 0.4) is 0 Å². The van der Waals surface area contributed by atoms with Gasteiger partial charge in [-0.15, -0.1) is 0 Å². The van der Waals surface area contributed by atoms with E-state index in [4.69, 9.17) is 9.47 Å². The highest BCUT2D eigenvalue weighted by atomic mass is 32.2. The minimum atomic E-state index is -3.88. The molecule has 2 atom stereocenters. The number of ether oxygens (including phenoxy) is 2. The fourth-order valence-electron chi connectivity index (χ4n) is 5.67. The molecule has 240 valence electrons. The lowest BCUT2D eigenvalue weighted by Crippen LogP contribution is -2.47. The van der Waals surface area contributed by atoms with Crippen LogP contribution in [0.2, 0.25) is 0 Å². The maximum Gasteiger partial charge on any atom is 0.243 e. The molecule has 1 spiro atoms. The Morgan fingerprint density at radius 3 is 2.45 bits per heavy atom. The summed E-state index contributed by atoms with van der Waals surface area (Å²) in [7, 11) is -7.49. The SMILES string of the molecule is CC(C)(CO)NS(=O)(=O)c1cccc(OC[C@@H](O)CNC2COC3(CCN(S(=O)(=O)c4ccc5ccccc5c4)CC3)C2)c1. The Hall–Kier alpha value is -2.62. The molecule has 2 heterocycles. The third-order valence-corrected chi connectivity index (χ3v) is 11.8. The van der Waals surface area contributed by atoms with E-state index >= 15 is 0 Å². The van der Waals surface area contributed by atoms with Crippen molar-refractivity contribution in [2.75, 3.05) is 39.5 Å². The Bertz CT molecular complexity index is 1670. The van der Waals surface area contributed by atoms with E-state index in [0.717, 1.165) is 10.8 Å². The molecule has 0 amide bonds. The minimum absolute atomic E-state index is 0.00252. The van der Waals surface area contributed by atoms with Gasteiger partial charge in [-0.25, -0.2) is 21.6 Å². The summed E-state index contributed by atoms with van der Waals surface area (Å²) >= 11 is 0. The monoisotopic (exact) mass is 647 g/mol. The summed E-state index contributed by atoms with van der Waals surface area (Å²) in [5, 5.41) is 25.1. The second kappa shape index (κ2) is 13.0. The number of hydrogen-bond donors (Lipinski definition) is 4. The normalized spacial score (nSPS) is 20.2. The van der Waals surface area contributed by atoms with Gasteiger partial charge in [0.25, 0.3) is 0 Å².